The van der Waals surface area contributed by atoms with Gasteiger partial charge in [-0.2, -0.15) is 0 Å². The number of hydrogen-bond acceptors (Lipinski definition) is 8. The first-order valence-corrected chi connectivity index (χ1v) is 11.2. The van der Waals surface area contributed by atoms with Crippen LogP contribution >= 0.6 is 22.7 Å². The smallest absolute Gasteiger partial charge is 0.348 e. The highest BCUT2D eigenvalue weighted by Crippen LogP contribution is 2.35. The van der Waals surface area contributed by atoms with E-state index in [9.17, 15) is 18.8 Å². The molecule has 4 aromatic rings. The number of amides is 1. The number of rotatable bonds is 5. The van der Waals surface area contributed by atoms with E-state index in [4.69, 9.17) is 9.47 Å². The molecule has 3 aromatic heterocycles. The summed E-state index contributed by atoms with van der Waals surface area (Å²) < 4.78 is 24.6. The Kier molecular flexibility index (Phi) is 6.00. The van der Waals surface area contributed by atoms with Gasteiger partial charge in [-0.05, 0) is 43.7 Å². The van der Waals surface area contributed by atoms with Crippen LogP contribution in [0.1, 0.15) is 41.0 Å². The number of ether oxygens (including phenoxy) is 2. The molecule has 0 saturated heterocycles. The van der Waals surface area contributed by atoms with Crippen molar-refractivity contribution in [3.8, 4) is 11.3 Å². The zero-order chi connectivity index (χ0) is 23.9. The summed E-state index contributed by atoms with van der Waals surface area (Å²) in [6.45, 7) is 3.36. The number of nitrogens with zero attached hydrogens (tertiary/aromatic N) is 2. The largest absolute Gasteiger partial charge is 0.465 e. The highest BCUT2D eigenvalue weighted by molar-refractivity contribution is 7.20. The van der Waals surface area contributed by atoms with Crippen LogP contribution < -0.4 is 5.32 Å². The number of thiophene rings is 1. The SMILES string of the molecule is COC(=O)c1sc(NC(=O)c2sc3nc(-c4ccc(F)cc4)cn3c2C)c(C(=O)OC)c1C. The zero-order valence-electron chi connectivity index (χ0n) is 18.0. The van der Waals surface area contributed by atoms with Crippen molar-refractivity contribution >= 4 is 50.5 Å². The van der Waals surface area contributed by atoms with Crippen LogP contribution in [0.5, 0.6) is 0 Å². The summed E-state index contributed by atoms with van der Waals surface area (Å²) in [6.07, 6.45) is 1.77. The van der Waals surface area contributed by atoms with E-state index in [1.807, 2.05) is 0 Å². The maximum Gasteiger partial charge on any atom is 0.348 e. The molecule has 1 amide bonds. The molecule has 0 aliphatic rings. The fourth-order valence-corrected chi connectivity index (χ4v) is 5.43. The maximum atomic E-state index is 13.2. The molecule has 0 radical (unpaired) electrons. The van der Waals surface area contributed by atoms with Gasteiger partial charge in [0.05, 0.1) is 25.5 Å². The first kappa shape index (κ1) is 22.6. The molecular formula is C22H18FN3O5S2. The van der Waals surface area contributed by atoms with Gasteiger partial charge in [-0.1, -0.05) is 11.3 Å². The molecule has 0 aliphatic carbocycles. The zero-order valence-corrected chi connectivity index (χ0v) is 19.6. The Bertz CT molecular complexity index is 1400. The van der Waals surface area contributed by atoms with E-state index >= 15 is 0 Å². The molecule has 0 fully saturated rings. The van der Waals surface area contributed by atoms with Crippen LogP contribution in [0, 0.1) is 19.7 Å². The number of carbonyl (C=O) groups is 3. The molecular weight excluding hydrogens is 469 g/mol. The van der Waals surface area contributed by atoms with E-state index in [1.165, 1.54) is 37.7 Å². The summed E-state index contributed by atoms with van der Waals surface area (Å²) in [6, 6.07) is 5.99. The fourth-order valence-electron chi connectivity index (χ4n) is 3.32. The maximum absolute atomic E-state index is 13.2. The number of anilines is 1. The van der Waals surface area contributed by atoms with E-state index in [0.717, 1.165) is 16.9 Å². The first-order valence-electron chi connectivity index (χ1n) is 9.61. The summed E-state index contributed by atoms with van der Waals surface area (Å²) in [4.78, 5) is 43.2. The van der Waals surface area contributed by atoms with Gasteiger partial charge in [0.15, 0.2) is 4.96 Å². The average molecular weight is 488 g/mol. The second kappa shape index (κ2) is 8.75. The number of fused-ring (bicyclic) bond motifs is 1. The van der Waals surface area contributed by atoms with Gasteiger partial charge in [-0.25, -0.2) is 19.0 Å². The molecule has 11 heteroatoms. The van der Waals surface area contributed by atoms with E-state index in [2.05, 4.69) is 10.3 Å². The number of carbonyl (C=O) groups excluding carboxylic acids is 3. The number of thiazole rings is 1. The van der Waals surface area contributed by atoms with Crippen molar-refractivity contribution in [3.63, 3.8) is 0 Å². The lowest BCUT2D eigenvalue weighted by atomic mass is 10.1. The molecule has 1 aromatic carbocycles. The molecule has 0 unspecified atom stereocenters. The Balaban J connectivity index is 1.67. The normalized spacial score (nSPS) is 10.9. The summed E-state index contributed by atoms with van der Waals surface area (Å²) >= 11 is 2.12. The second-order valence-corrected chi connectivity index (χ2v) is 9.00. The van der Waals surface area contributed by atoms with Gasteiger partial charge in [0.1, 0.15) is 20.6 Å². The van der Waals surface area contributed by atoms with Gasteiger partial charge >= 0.3 is 11.9 Å². The molecule has 8 nitrogen and oxygen atoms in total. The number of methoxy groups -OCH3 is 2. The quantitative estimate of drug-likeness (QED) is 0.410. The van der Waals surface area contributed by atoms with E-state index in [0.29, 0.717) is 26.8 Å². The molecule has 0 aliphatic heterocycles. The minimum absolute atomic E-state index is 0.105. The van der Waals surface area contributed by atoms with Gasteiger partial charge in [0, 0.05) is 17.5 Å². The third-order valence-corrected chi connectivity index (χ3v) is 7.38. The molecule has 33 heavy (non-hydrogen) atoms. The van der Waals surface area contributed by atoms with Gasteiger partial charge in [0.25, 0.3) is 5.91 Å². The van der Waals surface area contributed by atoms with E-state index < -0.39 is 17.8 Å². The Morgan fingerprint density at radius 3 is 2.27 bits per heavy atom. The van der Waals surface area contributed by atoms with Crippen LogP contribution in [0.2, 0.25) is 0 Å². The van der Waals surface area contributed by atoms with Crippen molar-refractivity contribution < 1.29 is 28.2 Å². The summed E-state index contributed by atoms with van der Waals surface area (Å²) in [7, 11) is 2.46. The number of nitrogens with one attached hydrogen (secondary N) is 1. The van der Waals surface area contributed by atoms with Crippen molar-refractivity contribution in [1.82, 2.24) is 9.38 Å². The highest BCUT2D eigenvalue weighted by Gasteiger charge is 2.28. The minimum Gasteiger partial charge on any atom is -0.465 e. The molecule has 0 atom stereocenters. The Morgan fingerprint density at radius 2 is 1.67 bits per heavy atom. The summed E-state index contributed by atoms with van der Waals surface area (Å²) in [5.74, 6) is -2.06. The van der Waals surface area contributed by atoms with Crippen LogP contribution in [0.15, 0.2) is 30.5 Å². The lowest BCUT2D eigenvalue weighted by Gasteiger charge is -2.05. The third kappa shape index (κ3) is 4.00. The number of benzene rings is 1. The molecule has 4 rings (SSSR count). The van der Waals surface area contributed by atoms with Crippen molar-refractivity contribution in [2.24, 2.45) is 0 Å². The summed E-state index contributed by atoms with van der Waals surface area (Å²) in [5, 5.41) is 2.92. The first-order chi connectivity index (χ1) is 15.7. The van der Waals surface area contributed by atoms with Crippen LogP contribution in [0.25, 0.3) is 16.2 Å². The monoisotopic (exact) mass is 487 g/mol. The number of aromatic nitrogens is 2. The molecule has 0 bridgehead atoms. The molecule has 1 N–H and O–H groups in total. The van der Waals surface area contributed by atoms with Crippen molar-refractivity contribution in [2.75, 3.05) is 19.5 Å². The fraction of sp³-hybridized carbons (Fsp3) is 0.182. The Morgan fingerprint density at radius 1 is 1.00 bits per heavy atom. The van der Waals surface area contributed by atoms with Crippen LogP contribution in [-0.4, -0.2) is 41.5 Å². The predicted molar refractivity (Wildman–Crippen MR) is 123 cm³/mol. The Hall–Kier alpha value is -3.57. The van der Waals surface area contributed by atoms with Crippen molar-refractivity contribution in [3.05, 3.63) is 62.9 Å². The topological polar surface area (TPSA) is 99.0 Å². The van der Waals surface area contributed by atoms with Gasteiger partial charge in [-0.15, -0.1) is 11.3 Å². The highest BCUT2D eigenvalue weighted by atomic mass is 32.1. The lowest BCUT2D eigenvalue weighted by molar-refractivity contribution is 0.0601. The second-order valence-electron chi connectivity index (χ2n) is 7.00. The standard InChI is InChI=1S/C22H18FN3O5S2/c1-10-15(20(28)30-3)19(32-16(10)21(29)31-4)25-18(27)17-11(2)26-9-14(24-22(26)33-17)12-5-7-13(23)8-6-12/h5-9H,1-4H3,(H,25,27). The molecule has 0 spiro atoms. The van der Waals surface area contributed by atoms with Gasteiger partial charge in [0.2, 0.25) is 0 Å². The molecule has 3 heterocycles. The van der Waals surface area contributed by atoms with Gasteiger partial charge in [-0.3, -0.25) is 9.20 Å². The number of aryl methyl sites for hydroxylation is 1. The van der Waals surface area contributed by atoms with Crippen LogP contribution in [0.3, 0.4) is 0 Å². The summed E-state index contributed by atoms with van der Waals surface area (Å²) in [5.41, 5.74) is 2.53. The number of halogens is 1. The third-order valence-electron chi connectivity index (χ3n) is 5.04. The van der Waals surface area contributed by atoms with Crippen LogP contribution in [0.4, 0.5) is 9.39 Å². The van der Waals surface area contributed by atoms with Crippen molar-refractivity contribution in [1.29, 1.82) is 0 Å². The Labute approximate surface area is 195 Å². The predicted octanol–water partition coefficient (Wildman–Crippen LogP) is 4.71. The van der Waals surface area contributed by atoms with E-state index in [1.54, 1.807) is 36.6 Å². The van der Waals surface area contributed by atoms with E-state index in [-0.39, 0.29) is 21.3 Å². The molecule has 0 saturated carbocycles. The molecule has 170 valence electrons. The van der Waals surface area contributed by atoms with Crippen molar-refractivity contribution in [2.45, 2.75) is 13.8 Å². The average Bonchev–Trinajstić information content (AvgIpc) is 3.45. The lowest BCUT2D eigenvalue weighted by Crippen LogP contribution is -2.14. The number of imidazole rings is 1. The van der Waals surface area contributed by atoms with Crippen LogP contribution in [-0.2, 0) is 9.47 Å². The number of esters is 2. The van der Waals surface area contributed by atoms with Gasteiger partial charge < -0.3 is 14.8 Å². The number of hydrogen-bond donors (Lipinski definition) is 1. The minimum atomic E-state index is -0.671.